The van der Waals surface area contributed by atoms with Crippen LogP contribution in [0.3, 0.4) is 0 Å². The predicted molar refractivity (Wildman–Crippen MR) is 179 cm³/mol. The van der Waals surface area contributed by atoms with Crippen molar-refractivity contribution in [2.45, 2.75) is 51.1 Å². The van der Waals surface area contributed by atoms with E-state index in [0.29, 0.717) is 53.3 Å². The van der Waals surface area contributed by atoms with Gasteiger partial charge in [-0.15, -0.1) is 11.3 Å². The standard InChI is InChI=1S/C32H33ClFN9O4S/c1-31(2,3)27-39-25-24(26(40-27)47-29(35)44)37-17-43(25)14-19-12-21(18-6-8-20(34)9-7-18)36-13-22(19)42-11-5-10-32(16-42,41-30(45)46-4)23-15-48-28(33)38-23/h6-9,12-13,15,17H,5,10-11,14,16H2,1-4H3,(H2,35,44)(H,41,45). The van der Waals surface area contributed by atoms with Gasteiger partial charge in [0.25, 0.3) is 5.88 Å². The van der Waals surface area contributed by atoms with Gasteiger partial charge in [0.2, 0.25) is 0 Å². The minimum Gasteiger partial charge on any atom is -0.453 e. The maximum absolute atomic E-state index is 13.8. The highest BCUT2D eigenvalue weighted by Gasteiger charge is 2.41. The van der Waals surface area contributed by atoms with Crippen LogP contribution in [0.5, 0.6) is 5.88 Å². The molecule has 4 aromatic heterocycles. The maximum atomic E-state index is 13.8. The molecule has 1 aliphatic heterocycles. The number of primary amides is 1. The molecular weight excluding hydrogens is 661 g/mol. The summed E-state index contributed by atoms with van der Waals surface area (Å²) in [6.07, 6.45) is 3.09. The first-order valence-electron chi connectivity index (χ1n) is 15.0. The van der Waals surface area contributed by atoms with Gasteiger partial charge in [-0.3, -0.25) is 4.98 Å². The van der Waals surface area contributed by atoms with Crippen LogP contribution in [0.25, 0.3) is 22.4 Å². The highest BCUT2D eigenvalue weighted by Crippen LogP contribution is 2.38. The summed E-state index contributed by atoms with van der Waals surface area (Å²) in [5, 5.41) is 4.87. The van der Waals surface area contributed by atoms with Gasteiger partial charge in [-0.25, -0.2) is 28.9 Å². The summed E-state index contributed by atoms with van der Waals surface area (Å²) in [7, 11) is 1.32. The number of carbonyl (C=O) groups excluding carboxylic acids is 2. The van der Waals surface area contributed by atoms with Crippen molar-refractivity contribution in [1.29, 1.82) is 0 Å². The summed E-state index contributed by atoms with van der Waals surface area (Å²) in [5.41, 5.74) is 8.31. The lowest BCUT2D eigenvalue weighted by atomic mass is 9.86. The highest BCUT2D eigenvalue weighted by atomic mass is 35.5. The molecule has 0 saturated carbocycles. The number of nitrogens with zero attached hydrogens (tertiary/aromatic N) is 7. The van der Waals surface area contributed by atoms with Crippen LogP contribution in [-0.2, 0) is 22.2 Å². The van der Waals surface area contributed by atoms with Gasteiger partial charge in [-0.05, 0) is 48.7 Å². The molecule has 5 aromatic rings. The number of ether oxygens (including phenoxy) is 2. The molecule has 48 heavy (non-hydrogen) atoms. The number of fused-ring (bicyclic) bond motifs is 1. The van der Waals surface area contributed by atoms with Crippen LogP contribution in [-0.4, -0.2) is 61.9 Å². The van der Waals surface area contributed by atoms with Crippen molar-refractivity contribution in [3.63, 3.8) is 0 Å². The number of nitrogens with one attached hydrogen (secondary N) is 1. The Balaban J connectivity index is 1.47. The summed E-state index contributed by atoms with van der Waals surface area (Å²) in [6.45, 7) is 7.11. The van der Waals surface area contributed by atoms with Crippen molar-refractivity contribution < 1.29 is 23.5 Å². The quantitative estimate of drug-likeness (QED) is 0.213. The van der Waals surface area contributed by atoms with Crippen LogP contribution in [0, 0.1) is 5.82 Å². The largest absolute Gasteiger partial charge is 0.453 e. The van der Waals surface area contributed by atoms with E-state index in [9.17, 15) is 14.0 Å². The molecule has 1 unspecified atom stereocenters. The molecule has 250 valence electrons. The van der Waals surface area contributed by atoms with Gasteiger partial charge in [0.05, 0.1) is 43.3 Å². The average molecular weight is 694 g/mol. The van der Waals surface area contributed by atoms with Gasteiger partial charge in [0, 0.05) is 29.4 Å². The predicted octanol–water partition coefficient (Wildman–Crippen LogP) is 5.79. The second-order valence-electron chi connectivity index (χ2n) is 12.5. The number of nitrogens with two attached hydrogens (primary N) is 1. The number of anilines is 1. The summed E-state index contributed by atoms with van der Waals surface area (Å²) < 4.78 is 26.2. The Kier molecular flexibility index (Phi) is 8.92. The number of thiazole rings is 1. The molecule has 6 rings (SSSR count). The number of hydrogen-bond donors (Lipinski definition) is 2. The molecule has 13 nitrogen and oxygen atoms in total. The first kappa shape index (κ1) is 33.0. The molecule has 2 amide bonds. The Morgan fingerprint density at radius 2 is 1.94 bits per heavy atom. The number of halogens is 2. The van der Waals surface area contributed by atoms with E-state index in [4.69, 9.17) is 36.8 Å². The molecule has 5 heterocycles. The van der Waals surface area contributed by atoms with E-state index in [1.54, 1.807) is 24.7 Å². The third kappa shape index (κ3) is 6.73. The molecule has 0 aliphatic carbocycles. The van der Waals surface area contributed by atoms with Crippen molar-refractivity contribution in [3.8, 4) is 17.1 Å². The molecule has 0 radical (unpaired) electrons. The number of pyridine rings is 1. The average Bonchev–Trinajstić information content (AvgIpc) is 3.67. The first-order chi connectivity index (χ1) is 22.8. The van der Waals surface area contributed by atoms with Gasteiger partial charge in [-0.2, -0.15) is 4.98 Å². The highest BCUT2D eigenvalue weighted by molar-refractivity contribution is 7.14. The molecule has 3 N–H and O–H groups in total. The fourth-order valence-electron chi connectivity index (χ4n) is 5.75. The van der Waals surface area contributed by atoms with Crippen molar-refractivity contribution in [2.75, 3.05) is 25.1 Å². The molecule has 1 aromatic carbocycles. The molecular formula is C32H33ClFN9O4S. The van der Waals surface area contributed by atoms with E-state index in [-0.39, 0.29) is 23.8 Å². The third-order valence-electron chi connectivity index (χ3n) is 8.07. The number of benzene rings is 1. The number of hydrogen-bond acceptors (Lipinski definition) is 11. The number of methoxy groups -OCH3 is 1. The molecule has 1 atom stereocenters. The fraction of sp³-hybridized carbons (Fsp3) is 0.344. The summed E-state index contributed by atoms with van der Waals surface area (Å²) in [6, 6.07) is 8.04. The molecule has 0 bridgehead atoms. The van der Waals surface area contributed by atoms with E-state index in [1.165, 1.54) is 30.6 Å². The van der Waals surface area contributed by atoms with Crippen LogP contribution in [0.2, 0.25) is 4.47 Å². The monoisotopic (exact) mass is 693 g/mol. The van der Waals surface area contributed by atoms with Gasteiger partial charge in [-0.1, -0.05) is 32.4 Å². The summed E-state index contributed by atoms with van der Waals surface area (Å²) in [4.78, 5) is 49.5. The van der Waals surface area contributed by atoms with Crippen molar-refractivity contribution >= 4 is 52.0 Å². The van der Waals surface area contributed by atoms with Crippen molar-refractivity contribution in [1.82, 2.24) is 34.8 Å². The Morgan fingerprint density at radius 3 is 2.60 bits per heavy atom. The molecule has 1 fully saturated rings. The Morgan fingerprint density at radius 1 is 1.17 bits per heavy atom. The summed E-state index contributed by atoms with van der Waals surface area (Å²) >= 11 is 7.53. The number of amides is 2. The zero-order valence-corrected chi connectivity index (χ0v) is 28.2. The molecule has 0 spiro atoms. The first-order valence-corrected chi connectivity index (χ1v) is 16.3. The Hall–Kier alpha value is -4.89. The third-order valence-corrected chi connectivity index (χ3v) is 9.05. The number of carbonyl (C=O) groups is 2. The van der Waals surface area contributed by atoms with E-state index >= 15 is 0 Å². The molecule has 1 aliphatic rings. The maximum Gasteiger partial charge on any atom is 0.411 e. The van der Waals surface area contributed by atoms with Crippen LogP contribution >= 0.6 is 22.9 Å². The Labute approximate surface area is 284 Å². The van der Waals surface area contributed by atoms with E-state index in [2.05, 4.69) is 25.2 Å². The lowest BCUT2D eigenvalue weighted by Gasteiger charge is -2.43. The fourth-order valence-corrected chi connectivity index (χ4v) is 6.62. The van der Waals surface area contributed by atoms with Gasteiger partial charge < -0.3 is 30.0 Å². The van der Waals surface area contributed by atoms with Crippen molar-refractivity contribution in [2.24, 2.45) is 5.73 Å². The van der Waals surface area contributed by atoms with Crippen LogP contribution in [0.15, 0.2) is 48.2 Å². The molecule has 16 heteroatoms. The van der Waals surface area contributed by atoms with Gasteiger partial charge in [0.1, 0.15) is 17.2 Å². The smallest absolute Gasteiger partial charge is 0.411 e. The number of rotatable bonds is 7. The number of aromatic nitrogens is 6. The van der Waals surface area contributed by atoms with Crippen LogP contribution in [0.1, 0.15) is 50.7 Å². The van der Waals surface area contributed by atoms with E-state index < -0.39 is 23.1 Å². The zero-order valence-electron chi connectivity index (χ0n) is 26.7. The topological polar surface area (TPSA) is 163 Å². The van der Waals surface area contributed by atoms with Crippen LogP contribution in [0.4, 0.5) is 19.7 Å². The van der Waals surface area contributed by atoms with E-state index in [0.717, 1.165) is 16.8 Å². The van der Waals surface area contributed by atoms with E-state index in [1.807, 2.05) is 36.8 Å². The lowest BCUT2D eigenvalue weighted by molar-refractivity contribution is 0.148. The zero-order chi connectivity index (χ0) is 34.2. The second-order valence-corrected chi connectivity index (χ2v) is 13.9. The minimum absolute atomic E-state index is 0.0326. The SMILES string of the molecule is COC(=O)NC1(c2csc(Cl)n2)CCCN(c2cnc(-c3ccc(F)cc3)cc2Cn2cnc3c(OC(N)=O)nc(C(C)(C)C)nc32)C1. The lowest BCUT2D eigenvalue weighted by Crippen LogP contribution is -2.57. The number of piperidine rings is 1. The van der Waals surface area contributed by atoms with Gasteiger partial charge >= 0.3 is 12.2 Å². The number of imidazole rings is 1. The number of alkyl carbamates (subject to hydrolysis) is 1. The normalized spacial score (nSPS) is 16.6. The summed E-state index contributed by atoms with van der Waals surface area (Å²) in [5.74, 6) is 0.0510. The minimum atomic E-state index is -1.01. The second kappa shape index (κ2) is 13.0. The van der Waals surface area contributed by atoms with Crippen LogP contribution < -0.4 is 20.7 Å². The van der Waals surface area contributed by atoms with Gasteiger partial charge in [0.15, 0.2) is 15.6 Å². The Bertz CT molecular complexity index is 2000. The molecule has 1 saturated heterocycles. The van der Waals surface area contributed by atoms with Crippen molar-refractivity contribution in [3.05, 3.63) is 75.6 Å².